The lowest BCUT2D eigenvalue weighted by molar-refractivity contribution is 0.668. The molecule has 0 amide bonds. The first kappa shape index (κ1) is 33.1. The molecular weight excluding hydrogens is 729 g/mol. The molecule has 0 N–H and O–H groups in total. The molecule has 0 saturated heterocycles. The maximum atomic E-state index is 6.73. The molecule has 0 atom stereocenters. The molecule has 0 aliphatic rings. The van der Waals surface area contributed by atoms with Gasteiger partial charge >= 0.3 is 0 Å². The predicted molar refractivity (Wildman–Crippen MR) is 253 cm³/mol. The van der Waals surface area contributed by atoms with Crippen molar-refractivity contribution >= 4 is 87.0 Å². The van der Waals surface area contributed by atoms with Crippen LogP contribution in [0.2, 0.25) is 0 Å². The SMILES string of the molecule is c1ccc(-c2c3ccccc3c(-c3ccc4c(c3)oc3ccc(-c5c6ccccc6c(-c6ccc7oc8ccccc8c7c6)c6ccccc56)cc34)c3ccccc23)cc1. The fourth-order valence-corrected chi connectivity index (χ4v) is 10.1. The van der Waals surface area contributed by atoms with E-state index in [1.165, 1.54) is 76.5 Å². The van der Waals surface area contributed by atoms with Gasteiger partial charge in [0.2, 0.25) is 0 Å². The summed E-state index contributed by atoms with van der Waals surface area (Å²) < 4.78 is 13.0. The number of hydrogen-bond acceptors (Lipinski definition) is 2. The van der Waals surface area contributed by atoms with Crippen molar-refractivity contribution in [2.45, 2.75) is 0 Å². The summed E-state index contributed by atoms with van der Waals surface area (Å²) >= 11 is 0. The highest BCUT2D eigenvalue weighted by molar-refractivity contribution is 6.24. The first-order chi connectivity index (χ1) is 29.8. The van der Waals surface area contributed by atoms with Crippen LogP contribution in [-0.2, 0) is 0 Å². The summed E-state index contributed by atoms with van der Waals surface area (Å²) in [6.45, 7) is 0. The zero-order chi connectivity index (χ0) is 39.3. The first-order valence-electron chi connectivity index (χ1n) is 20.6. The van der Waals surface area contributed by atoms with Crippen molar-refractivity contribution in [2.24, 2.45) is 0 Å². The minimum Gasteiger partial charge on any atom is -0.456 e. The van der Waals surface area contributed by atoms with E-state index in [0.29, 0.717) is 0 Å². The van der Waals surface area contributed by atoms with Crippen molar-refractivity contribution in [1.82, 2.24) is 0 Å². The highest BCUT2D eigenvalue weighted by Gasteiger charge is 2.21. The molecule has 2 aromatic heterocycles. The fraction of sp³-hybridized carbons (Fsp3) is 0. The average molecular weight is 763 g/mol. The third-order valence-corrected chi connectivity index (χ3v) is 12.6. The minimum absolute atomic E-state index is 0.880. The Morgan fingerprint density at radius 3 is 0.967 bits per heavy atom. The molecule has 2 heteroatoms. The molecule has 11 aromatic carbocycles. The summed E-state index contributed by atoms with van der Waals surface area (Å²) in [7, 11) is 0. The van der Waals surface area contributed by atoms with E-state index < -0.39 is 0 Å². The summed E-state index contributed by atoms with van der Waals surface area (Å²) in [5.41, 5.74) is 13.2. The second-order valence-electron chi connectivity index (χ2n) is 15.9. The smallest absolute Gasteiger partial charge is 0.136 e. The lowest BCUT2D eigenvalue weighted by atomic mass is 9.85. The largest absolute Gasteiger partial charge is 0.456 e. The maximum absolute atomic E-state index is 6.73. The van der Waals surface area contributed by atoms with E-state index in [1.807, 2.05) is 12.1 Å². The zero-order valence-electron chi connectivity index (χ0n) is 32.4. The molecule has 2 heterocycles. The van der Waals surface area contributed by atoms with Crippen molar-refractivity contribution in [3.8, 4) is 44.5 Å². The Morgan fingerprint density at radius 2 is 0.500 bits per heavy atom. The van der Waals surface area contributed by atoms with Gasteiger partial charge in [0, 0.05) is 21.5 Å². The Hall–Kier alpha value is -7.94. The minimum atomic E-state index is 0.880. The highest BCUT2D eigenvalue weighted by Crippen LogP contribution is 2.47. The second kappa shape index (κ2) is 12.8. The van der Waals surface area contributed by atoms with E-state index in [-0.39, 0.29) is 0 Å². The molecule has 60 heavy (non-hydrogen) atoms. The van der Waals surface area contributed by atoms with Crippen molar-refractivity contribution < 1.29 is 8.83 Å². The molecule has 0 unspecified atom stereocenters. The third kappa shape index (κ3) is 4.82. The predicted octanol–water partition coefficient (Wildman–Crippen LogP) is 16.8. The number of para-hydroxylation sites is 1. The van der Waals surface area contributed by atoms with Gasteiger partial charge in [-0.25, -0.2) is 0 Å². The van der Waals surface area contributed by atoms with Gasteiger partial charge in [0.1, 0.15) is 22.3 Å². The number of rotatable bonds is 4. The van der Waals surface area contributed by atoms with Gasteiger partial charge in [-0.2, -0.15) is 0 Å². The van der Waals surface area contributed by atoms with Crippen LogP contribution in [0, 0.1) is 0 Å². The van der Waals surface area contributed by atoms with Crippen molar-refractivity contribution in [1.29, 1.82) is 0 Å². The summed E-state index contributed by atoms with van der Waals surface area (Å²) in [6, 6.07) is 74.5. The van der Waals surface area contributed by atoms with Crippen LogP contribution in [0.25, 0.3) is 131 Å². The van der Waals surface area contributed by atoms with Crippen LogP contribution in [0.1, 0.15) is 0 Å². The summed E-state index contributed by atoms with van der Waals surface area (Å²) in [5.74, 6) is 0. The molecule has 0 fully saturated rings. The molecule has 0 bridgehead atoms. The van der Waals surface area contributed by atoms with Crippen LogP contribution in [0.4, 0.5) is 0 Å². The number of hydrogen-bond donors (Lipinski definition) is 0. The highest BCUT2D eigenvalue weighted by atomic mass is 16.3. The average Bonchev–Trinajstić information content (AvgIpc) is 3.87. The molecule has 0 spiro atoms. The molecule has 13 rings (SSSR count). The van der Waals surface area contributed by atoms with E-state index in [0.717, 1.165) is 55.0 Å². The fourth-order valence-electron chi connectivity index (χ4n) is 10.1. The van der Waals surface area contributed by atoms with Gasteiger partial charge in [0.05, 0.1) is 0 Å². The molecule has 2 nitrogen and oxygen atoms in total. The molecule has 13 aromatic rings. The van der Waals surface area contributed by atoms with E-state index in [9.17, 15) is 0 Å². The topological polar surface area (TPSA) is 26.3 Å². The number of furan rings is 2. The van der Waals surface area contributed by atoms with Crippen LogP contribution >= 0.6 is 0 Å². The van der Waals surface area contributed by atoms with Crippen molar-refractivity contribution in [3.63, 3.8) is 0 Å². The van der Waals surface area contributed by atoms with E-state index in [2.05, 4.69) is 194 Å². The zero-order valence-corrected chi connectivity index (χ0v) is 32.4. The van der Waals surface area contributed by atoms with Crippen molar-refractivity contribution in [2.75, 3.05) is 0 Å². The molecular formula is C58H34O2. The van der Waals surface area contributed by atoms with Gasteiger partial charge in [-0.05, 0) is 130 Å². The first-order valence-corrected chi connectivity index (χ1v) is 20.6. The molecule has 0 aliphatic carbocycles. The molecule has 0 saturated carbocycles. The third-order valence-electron chi connectivity index (χ3n) is 12.6. The van der Waals surface area contributed by atoms with Crippen molar-refractivity contribution in [3.05, 3.63) is 206 Å². The van der Waals surface area contributed by atoms with Crippen LogP contribution in [-0.4, -0.2) is 0 Å². The van der Waals surface area contributed by atoms with Gasteiger partial charge in [-0.1, -0.05) is 164 Å². The normalized spacial score (nSPS) is 12.0. The maximum Gasteiger partial charge on any atom is 0.136 e. The Bertz CT molecular complexity index is 3770. The number of benzene rings is 11. The second-order valence-corrected chi connectivity index (χ2v) is 15.9. The Morgan fingerprint density at radius 1 is 0.183 bits per heavy atom. The summed E-state index contributed by atoms with van der Waals surface area (Å²) in [6.07, 6.45) is 0. The standard InChI is InChI=1S/C58H34O2/c1-2-14-35(15-3-1)55-41-17-4-6-19-43(41)58(44-20-7-5-18-42(44)55)38-26-29-40-50-33-37(28-31-53(50)60-54(40)34-38)57-47-23-10-8-21-45(47)56(46-22-9-11-24-48(46)57)36-27-30-52-49(32-36)39-16-12-13-25-51(39)59-52/h1-34H. The lowest BCUT2D eigenvalue weighted by Crippen LogP contribution is -1.91. The lowest BCUT2D eigenvalue weighted by Gasteiger charge is -2.18. The van der Waals surface area contributed by atoms with Gasteiger partial charge in [-0.3, -0.25) is 0 Å². The van der Waals surface area contributed by atoms with Crippen LogP contribution in [0.3, 0.4) is 0 Å². The van der Waals surface area contributed by atoms with Gasteiger partial charge < -0.3 is 8.83 Å². The molecule has 0 radical (unpaired) electrons. The van der Waals surface area contributed by atoms with Crippen LogP contribution in [0.15, 0.2) is 215 Å². The van der Waals surface area contributed by atoms with Crippen LogP contribution < -0.4 is 0 Å². The Labute approximate surface area is 345 Å². The summed E-state index contributed by atoms with van der Waals surface area (Å²) in [4.78, 5) is 0. The Kier molecular flexibility index (Phi) is 7.05. The van der Waals surface area contributed by atoms with Crippen LogP contribution in [0.5, 0.6) is 0 Å². The molecule has 278 valence electrons. The van der Waals surface area contributed by atoms with E-state index >= 15 is 0 Å². The quantitative estimate of drug-likeness (QED) is 0.167. The van der Waals surface area contributed by atoms with Gasteiger partial charge in [0.25, 0.3) is 0 Å². The van der Waals surface area contributed by atoms with E-state index in [4.69, 9.17) is 8.83 Å². The molecule has 0 aliphatic heterocycles. The van der Waals surface area contributed by atoms with Gasteiger partial charge in [0.15, 0.2) is 0 Å². The van der Waals surface area contributed by atoms with Gasteiger partial charge in [-0.15, -0.1) is 0 Å². The number of fused-ring (bicyclic) bond motifs is 10. The van der Waals surface area contributed by atoms with E-state index in [1.54, 1.807) is 0 Å². The summed E-state index contributed by atoms with van der Waals surface area (Å²) in [5, 5.41) is 14.3. The Balaban J connectivity index is 1.00. The monoisotopic (exact) mass is 762 g/mol.